The normalized spacial score (nSPS) is 24.1. The van der Waals surface area contributed by atoms with Gasteiger partial charge in [0.15, 0.2) is 0 Å². The Morgan fingerprint density at radius 1 is 1.53 bits per heavy atom. The molecule has 1 aromatic carbocycles. The van der Waals surface area contributed by atoms with Crippen LogP contribution in [0, 0.1) is 23.1 Å². The molecule has 0 aliphatic carbocycles. The van der Waals surface area contributed by atoms with Crippen LogP contribution in [-0.4, -0.2) is 24.0 Å². The van der Waals surface area contributed by atoms with E-state index in [1.165, 1.54) is 18.6 Å². The summed E-state index contributed by atoms with van der Waals surface area (Å²) >= 11 is 0. The van der Waals surface area contributed by atoms with Gasteiger partial charge in [-0.05, 0) is 43.0 Å². The van der Waals surface area contributed by atoms with Gasteiger partial charge in [0.25, 0.3) is 0 Å². The molecule has 0 radical (unpaired) electrons. The fourth-order valence-electron chi connectivity index (χ4n) is 2.92. The second kappa shape index (κ2) is 6.14. The van der Waals surface area contributed by atoms with Crippen molar-refractivity contribution in [1.82, 2.24) is 4.90 Å². The van der Waals surface area contributed by atoms with Gasteiger partial charge < -0.3 is 5.73 Å². The lowest BCUT2D eigenvalue weighted by Crippen LogP contribution is -2.48. The van der Waals surface area contributed by atoms with Crippen molar-refractivity contribution in [3.05, 3.63) is 35.1 Å². The van der Waals surface area contributed by atoms with Crippen LogP contribution in [0.4, 0.5) is 4.39 Å². The molecule has 0 aromatic heterocycles. The van der Waals surface area contributed by atoms with Crippen molar-refractivity contribution < 1.29 is 4.39 Å². The van der Waals surface area contributed by atoms with Gasteiger partial charge in [-0.3, -0.25) is 4.90 Å². The van der Waals surface area contributed by atoms with Crippen LogP contribution >= 0.6 is 0 Å². The predicted octanol–water partition coefficient (Wildman–Crippen LogP) is 2.26. The third-order valence-corrected chi connectivity index (χ3v) is 4.04. The number of nitrogens with two attached hydrogens (primary N) is 1. The number of piperidine rings is 1. The number of nitriles is 1. The number of hydrogen-bond acceptors (Lipinski definition) is 3. The summed E-state index contributed by atoms with van der Waals surface area (Å²) in [6.45, 7) is 4.52. The molecule has 1 fully saturated rings. The zero-order chi connectivity index (χ0) is 13.8. The molecule has 0 bridgehead atoms. The van der Waals surface area contributed by atoms with E-state index in [4.69, 9.17) is 11.0 Å². The van der Waals surface area contributed by atoms with Crippen molar-refractivity contribution in [2.24, 2.45) is 11.7 Å². The Labute approximate surface area is 113 Å². The highest BCUT2D eigenvalue weighted by atomic mass is 19.1. The van der Waals surface area contributed by atoms with Gasteiger partial charge in [0.05, 0.1) is 11.6 Å². The molecule has 102 valence electrons. The van der Waals surface area contributed by atoms with Gasteiger partial charge in [-0.2, -0.15) is 5.26 Å². The van der Waals surface area contributed by atoms with E-state index in [-0.39, 0.29) is 5.82 Å². The Bertz CT molecular complexity index is 481. The SMILES string of the molecule is CC1CCCN(Cc2ccc(F)cc2C#N)C1CN. The number of halogens is 1. The average molecular weight is 261 g/mol. The van der Waals surface area contributed by atoms with Crippen LogP contribution in [0.2, 0.25) is 0 Å². The first-order valence-corrected chi connectivity index (χ1v) is 6.78. The molecule has 3 nitrogen and oxygen atoms in total. The van der Waals surface area contributed by atoms with Crippen molar-refractivity contribution in [1.29, 1.82) is 5.26 Å². The quantitative estimate of drug-likeness (QED) is 0.908. The summed E-state index contributed by atoms with van der Waals surface area (Å²) in [5, 5.41) is 9.09. The van der Waals surface area contributed by atoms with E-state index >= 15 is 0 Å². The molecule has 0 amide bonds. The minimum Gasteiger partial charge on any atom is -0.329 e. The molecule has 19 heavy (non-hydrogen) atoms. The number of hydrogen-bond donors (Lipinski definition) is 1. The van der Waals surface area contributed by atoms with Crippen LogP contribution in [0.15, 0.2) is 18.2 Å². The van der Waals surface area contributed by atoms with E-state index < -0.39 is 0 Å². The van der Waals surface area contributed by atoms with Gasteiger partial charge in [0.2, 0.25) is 0 Å². The van der Waals surface area contributed by atoms with Crippen LogP contribution in [0.25, 0.3) is 0 Å². The van der Waals surface area contributed by atoms with Gasteiger partial charge in [-0.1, -0.05) is 13.0 Å². The number of likely N-dealkylation sites (tertiary alicyclic amines) is 1. The maximum absolute atomic E-state index is 13.1. The van der Waals surface area contributed by atoms with Crippen LogP contribution in [-0.2, 0) is 6.54 Å². The highest BCUT2D eigenvalue weighted by molar-refractivity contribution is 5.37. The molecule has 1 aliphatic heterocycles. The largest absolute Gasteiger partial charge is 0.329 e. The summed E-state index contributed by atoms with van der Waals surface area (Å²) in [5.74, 6) is 0.215. The Morgan fingerprint density at radius 2 is 2.32 bits per heavy atom. The van der Waals surface area contributed by atoms with Crippen molar-refractivity contribution in [2.75, 3.05) is 13.1 Å². The summed E-state index contributed by atoms with van der Waals surface area (Å²) in [5.41, 5.74) is 7.18. The molecule has 2 rings (SSSR count). The highest BCUT2D eigenvalue weighted by Crippen LogP contribution is 2.25. The van der Waals surface area contributed by atoms with Gasteiger partial charge >= 0.3 is 0 Å². The molecule has 0 spiro atoms. The Kier molecular flexibility index (Phi) is 4.52. The molecule has 1 heterocycles. The van der Waals surface area contributed by atoms with Crippen molar-refractivity contribution in [3.8, 4) is 6.07 Å². The Morgan fingerprint density at radius 3 is 3.00 bits per heavy atom. The Hall–Kier alpha value is -1.44. The summed E-state index contributed by atoms with van der Waals surface area (Å²) in [6.07, 6.45) is 2.35. The van der Waals surface area contributed by atoms with Gasteiger partial charge in [0, 0.05) is 19.1 Å². The fourth-order valence-corrected chi connectivity index (χ4v) is 2.92. The fraction of sp³-hybridized carbons (Fsp3) is 0.533. The molecule has 2 atom stereocenters. The maximum Gasteiger partial charge on any atom is 0.124 e. The Balaban J connectivity index is 2.18. The van der Waals surface area contributed by atoms with E-state index in [0.29, 0.717) is 30.6 Å². The second-order valence-electron chi connectivity index (χ2n) is 5.31. The summed E-state index contributed by atoms with van der Waals surface area (Å²) in [7, 11) is 0. The summed E-state index contributed by atoms with van der Waals surface area (Å²) in [4.78, 5) is 2.32. The van der Waals surface area contributed by atoms with Crippen molar-refractivity contribution in [2.45, 2.75) is 32.4 Å². The lowest BCUT2D eigenvalue weighted by molar-refractivity contribution is 0.0990. The van der Waals surface area contributed by atoms with Crippen LogP contribution in [0.5, 0.6) is 0 Å². The monoisotopic (exact) mass is 261 g/mol. The molecule has 2 N–H and O–H groups in total. The van der Waals surface area contributed by atoms with Crippen LogP contribution < -0.4 is 5.73 Å². The molecule has 1 aliphatic rings. The minimum atomic E-state index is -0.359. The van der Waals surface area contributed by atoms with Gasteiger partial charge in [-0.15, -0.1) is 0 Å². The molecular weight excluding hydrogens is 241 g/mol. The first kappa shape index (κ1) is 14.0. The topological polar surface area (TPSA) is 53.0 Å². The maximum atomic E-state index is 13.1. The number of benzene rings is 1. The summed E-state index contributed by atoms with van der Waals surface area (Å²) < 4.78 is 13.1. The summed E-state index contributed by atoms with van der Waals surface area (Å²) in [6, 6.07) is 6.86. The smallest absolute Gasteiger partial charge is 0.124 e. The standard InChI is InChI=1S/C15H20FN3/c1-11-3-2-6-19(15(11)9-18)10-12-4-5-14(16)7-13(12)8-17/h4-5,7,11,15H,2-3,6,9-10,18H2,1H3. The zero-order valence-corrected chi connectivity index (χ0v) is 11.3. The molecule has 2 unspecified atom stereocenters. The van der Waals surface area contributed by atoms with Crippen LogP contribution in [0.3, 0.4) is 0 Å². The number of rotatable bonds is 3. The third kappa shape index (κ3) is 3.12. The second-order valence-corrected chi connectivity index (χ2v) is 5.31. The highest BCUT2D eigenvalue weighted by Gasteiger charge is 2.27. The molecule has 1 aromatic rings. The van der Waals surface area contributed by atoms with Crippen molar-refractivity contribution in [3.63, 3.8) is 0 Å². The van der Waals surface area contributed by atoms with E-state index in [1.54, 1.807) is 6.07 Å². The minimum absolute atomic E-state index is 0.352. The zero-order valence-electron chi connectivity index (χ0n) is 11.3. The predicted molar refractivity (Wildman–Crippen MR) is 72.8 cm³/mol. The number of nitrogens with zero attached hydrogens (tertiary/aromatic N) is 2. The van der Waals surface area contributed by atoms with E-state index in [0.717, 1.165) is 18.5 Å². The lowest BCUT2D eigenvalue weighted by atomic mass is 9.90. The lowest BCUT2D eigenvalue weighted by Gasteiger charge is -2.39. The first-order chi connectivity index (χ1) is 9.15. The average Bonchev–Trinajstić information content (AvgIpc) is 2.41. The molecular formula is C15H20FN3. The van der Waals surface area contributed by atoms with Gasteiger partial charge in [0.1, 0.15) is 5.82 Å². The molecule has 1 saturated heterocycles. The van der Waals surface area contributed by atoms with E-state index in [2.05, 4.69) is 17.9 Å². The van der Waals surface area contributed by atoms with E-state index in [1.807, 2.05) is 0 Å². The van der Waals surface area contributed by atoms with Gasteiger partial charge in [-0.25, -0.2) is 4.39 Å². The van der Waals surface area contributed by atoms with Crippen LogP contribution in [0.1, 0.15) is 30.9 Å². The van der Waals surface area contributed by atoms with Crippen molar-refractivity contribution >= 4 is 0 Å². The first-order valence-electron chi connectivity index (χ1n) is 6.78. The molecule has 0 saturated carbocycles. The molecule has 4 heteroatoms. The third-order valence-electron chi connectivity index (χ3n) is 4.04. The van der Waals surface area contributed by atoms with E-state index in [9.17, 15) is 4.39 Å².